The first-order valence-corrected chi connectivity index (χ1v) is 6.90. The van der Waals surface area contributed by atoms with Crippen LogP contribution in [0.2, 0.25) is 0 Å². The van der Waals surface area contributed by atoms with E-state index in [0.717, 1.165) is 37.3 Å². The smallest absolute Gasteiger partial charge is 0.123 e. The summed E-state index contributed by atoms with van der Waals surface area (Å²) < 4.78 is 13.4. The van der Waals surface area contributed by atoms with Gasteiger partial charge in [-0.1, -0.05) is 6.92 Å². The zero-order chi connectivity index (χ0) is 14.4. The van der Waals surface area contributed by atoms with Crippen molar-refractivity contribution in [1.82, 2.24) is 4.90 Å². The summed E-state index contributed by atoms with van der Waals surface area (Å²) in [6.07, 6.45) is 1.06. The molecule has 2 N–H and O–H groups in total. The van der Waals surface area contributed by atoms with Gasteiger partial charge in [0, 0.05) is 31.4 Å². The van der Waals surface area contributed by atoms with Crippen molar-refractivity contribution >= 4 is 5.69 Å². The van der Waals surface area contributed by atoms with Gasteiger partial charge in [-0.05, 0) is 51.2 Å². The second-order valence-corrected chi connectivity index (χ2v) is 5.28. The third kappa shape index (κ3) is 4.80. The second kappa shape index (κ2) is 7.46. The summed E-state index contributed by atoms with van der Waals surface area (Å²) in [4.78, 5) is 4.44. The van der Waals surface area contributed by atoms with E-state index >= 15 is 0 Å². The molecule has 1 rings (SSSR count). The minimum atomic E-state index is -0.222. The van der Waals surface area contributed by atoms with Crippen molar-refractivity contribution in [3.8, 4) is 0 Å². The molecular weight excluding hydrogens is 241 g/mol. The van der Waals surface area contributed by atoms with Gasteiger partial charge in [0.1, 0.15) is 5.82 Å². The Morgan fingerprint density at radius 3 is 2.42 bits per heavy atom. The zero-order valence-corrected chi connectivity index (χ0v) is 12.5. The van der Waals surface area contributed by atoms with E-state index in [9.17, 15) is 4.39 Å². The number of likely N-dealkylation sites (N-methyl/N-ethyl adjacent to an activating group) is 1. The van der Waals surface area contributed by atoms with Crippen LogP contribution in [-0.2, 0) is 0 Å². The normalized spacial score (nSPS) is 12.8. The van der Waals surface area contributed by atoms with Crippen molar-refractivity contribution < 1.29 is 4.39 Å². The molecule has 1 aromatic carbocycles. The van der Waals surface area contributed by atoms with Crippen LogP contribution in [0.4, 0.5) is 10.1 Å². The summed E-state index contributed by atoms with van der Waals surface area (Å²) in [7, 11) is 4.11. The fourth-order valence-electron chi connectivity index (χ4n) is 2.12. The predicted molar refractivity (Wildman–Crippen MR) is 80.1 cm³/mol. The lowest BCUT2D eigenvalue weighted by Crippen LogP contribution is -2.33. The number of nitrogens with zero attached hydrogens (tertiary/aromatic N) is 2. The highest BCUT2D eigenvalue weighted by Gasteiger charge is 2.14. The quantitative estimate of drug-likeness (QED) is 0.824. The molecular formula is C15H26FN3. The summed E-state index contributed by atoms with van der Waals surface area (Å²) in [5.74, 6) is -0.222. The Morgan fingerprint density at radius 1 is 1.21 bits per heavy atom. The molecule has 0 heterocycles. The highest BCUT2D eigenvalue weighted by atomic mass is 19.1. The van der Waals surface area contributed by atoms with Crippen molar-refractivity contribution in [1.29, 1.82) is 0 Å². The molecule has 0 saturated carbocycles. The van der Waals surface area contributed by atoms with Crippen LogP contribution in [-0.4, -0.2) is 38.6 Å². The molecule has 0 spiro atoms. The van der Waals surface area contributed by atoms with Crippen LogP contribution in [0.3, 0.4) is 0 Å². The van der Waals surface area contributed by atoms with Gasteiger partial charge in [-0.25, -0.2) is 4.39 Å². The maximum atomic E-state index is 13.4. The van der Waals surface area contributed by atoms with Crippen LogP contribution in [0.25, 0.3) is 0 Å². The molecule has 0 bridgehead atoms. The van der Waals surface area contributed by atoms with E-state index in [4.69, 9.17) is 5.73 Å². The molecule has 3 nitrogen and oxygen atoms in total. The number of hydrogen-bond donors (Lipinski definition) is 1. The van der Waals surface area contributed by atoms with Gasteiger partial charge in [-0.2, -0.15) is 0 Å². The average molecular weight is 267 g/mol. The van der Waals surface area contributed by atoms with E-state index in [0.29, 0.717) is 0 Å². The van der Waals surface area contributed by atoms with Gasteiger partial charge in [0.05, 0.1) is 0 Å². The summed E-state index contributed by atoms with van der Waals surface area (Å²) >= 11 is 0. The minimum absolute atomic E-state index is 0.163. The van der Waals surface area contributed by atoms with E-state index in [1.807, 2.05) is 13.0 Å². The first-order valence-electron chi connectivity index (χ1n) is 6.90. The molecule has 0 aromatic heterocycles. The monoisotopic (exact) mass is 267 g/mol. The summed E-state index contributed by atoms with van der Waals surface area (Å²) in [6, 6.07) is 4.75. The lowest BCUT2D eigenvalue weighted by Gasteiger charge is -2.29. The van der Waals surface area contributed by atoms with E-state index in [1.165, 1.54) is 6.07 Å². The number of benzene rings is 1. The van der Waals surface area contributed by atoms with Crippen LogP contribution >= 0.6 is 0 Å². The van der Waals surface area contributed by atoms with Crippen LogP contribution < -0.4 is 10.6 Å². The summed E-state index contributed by atoms with van der Waals surface area (Å²) in [5.41, 5.74) is 7.91. The van der Waals surface area contributed by atoms with Gasteiger partial charge in [-0.15, -0.1) is 0 Å². The molecule has 19 heavy (non-hydrogen) atoms. The molecule has 0 amide bonds. The van der Waals surface area contributed by atoms with E-state index in [1.54, 1.807) is 6.07 Å². The molecule has 4 heteroatoms. The van der Waals surface area contributed by atoms with E-state index < -0.39 is 0 Å². The van der Waals surface area contributed by atoms with Crippen LogP contribution in [0.1, 0.15) is 31.9 Å². The number of anilines is 1. The van der Waals surface area contributed by atoms with Crippen molar-refractivity contribution in [3.05, 3.63) is 29.6 Å². The topological polar surface area (TPSA) is 32.5 Å². The maximum Gasteiger partial charge on any atom is 0.123 e. The number of hydrogen-bond acceptors (Lipinski definition) is 3. The SMILES string of the molecule is CCCN(CCN(C)C)c1ccc(F)cc1[C@@H](C)N. The Kier molecular flexibility index (Phi) is 6.25. The van der Waals surface area contributed by atoms with Crippen molar-refractivity contribution in [2.45, 2.75) is 26.3 Å². The van der Waals surface area contributed by atoms with Crippen molar-refractivity contribution in [3.63, 3.8) is 0 Å². The fraction of sp³-hybridized carbons (Fsp3) is 0.600. The number of halogens is 1. The molecule has 0 aliphatic heterocycles. The Morgan fingerprint density at radius 2 is 1.89 bits per heavy atom. The third-order valence-corrected chi connectivity index (χ3v) is 3.13. The Hall–Kier alpha value is -1.13. The first-order chi connectivity index (χ1) is 8.95. The third-order valence-electron chi connectivity index (χ3n) is 3.13. The highest BCUT2D eigenvalue weighted by molar-refractivity contribution is 5.55. The van der Waals surface area contributed by atoms with Crippen LogP contribution in [0.5, 0.6) is 0 Å². The zero-order valence-electron chi connectivity index (χ0n) is 12.5. The molecule has 0 aliphatic carbocycles. The highest BCUT2D eigenvalue weighted by Crippen LogP contribution is 2.26. The molecule has 0 radical (unpaired) electrons. The maximum absolute atomic E-state index is 13.4. The fourth-order valence-corrected chi connectivity index (χ4v) is 2.12. The average Bonchev–Trinajstić information content (AvgIpc) is 2.34. The lowest BCUT2D eigenvalue weighted by atomic mass is 10.1. The Bertz CT molecular complexity index is 391. The molecule has 0 unspecified atom stereocenters. The van der Waals surface area contributed by atoms with Gasteiger partial charge in [0.15, 0.2) is 0 Å². The molecule has 0 aliphatic rings. The second-order valence-electron chi connectivity index (χ2n) is 5.28. The van der Waals surface area contributed by atoms with Crippen molar-refractivity contribution in [2.24, 2.45) is 5.73 Å². The number of nitrogens with two attached hydrogens (primary N) is 1. The number of rotatable bonds is 7. The van der Waals surface area contributed by atoms with Gasteiger partial charge in [0.2, 0.25) is 0 Å². The molecule has 0 fully saturated rings. The first kappa shape index (κ1) is 15.9. The van der Waals surface area contributed by atoms with E-state index in [-0.39, 0.29) is 11.9 Å². The van der Waals surface area contributed by atoms with Gasteiger partial charge in [-0.3, -0.25) is 0 Å². The van der Waals surface area contributed by atoms with E-state index in [2.05, 4.69) is 30.8 Å². The van der Waals surface area contributed by atoms with Crippen LogP contribution in [0, 0.1) is 5.82 Å². The van der Waals surface area contributed by atoms with Crippen LogP contribution in [0.15, 0.2) is 18.2 Å². The Labute approximate surface area is 116 Å². The molecule has 0 saturated heterocycles. The largest absolute Gasteiger partial charge is 0.370 e. The summed E-state index contributed by atoms with van der Waals surface area (Å²) in [6.45, 7) is 6.90. The van der Waals surface area contributed by atoms with Gasteiger partial charge in [0.25, 0.3) is 0 Å². The lowest BCUT2D eigenvalue weighted by molar-refractivity contribution is 0.412. The predicted octanol–water partition coefficient (Wildman–Crippen LogP) is 2.62. The van der Waals surface area contributed by atoms with Gasteiger partial charge >= 0.3 is 0 Å². The molecule has 108 valence electrons. The molecule has 1 atom stereocenters. The van der Waals surface area contributed by atoms with Crippen molar-refractivity contribution in [2.75, 3.05) is 38.6 Å². The Balaban J connectivity index is 3.00. The van der Waals surface area contributed by atoms with Gasteiger partial charge < -0.3 is 15.5 Å². The standard InChI is InChI=1S/C15H26FN3/c1-5-8-19(10-9-18(3)4)15-7-6-13(16)11-14(15)12(2)17/h6-7,11-12H,5,8-10,17H2,1-4H3/t12-/m1/s1. The minimum Gasteiger partial charge on any atom is -0.370 e. The summed E-state index contributed by atoms with van der Waals surface area (Å²) in [5, 5.41) is 0. The molecule has 1 aromatic rings.